The molecule has 1 heterocycles. The number of carbonyl (C=O) groups excluding carboxylic acids is 3. The van der Waals surface area contributed by atoms with Crippen LogP contribution in [0.2, 0.25) is 0 Å². The molecule has 7 nitrogen and oxygen atoms in total. The number of benzene rings is 1. The first-order chi connectivity index (χ1) is 12.1. The van der Waals surface area contributed by atoms with Crippen molar-refractivity contribution in [1.82, 2.24) is 10.6 Å². The molecule has 2 aromatic rings. The summed E-state index contributed by atoms with van der Waals surface area (Å²) in [5, 5.41) is 8.21. The lowest BCUT2D eigenvalue weighted by Crippen LogP contribution is -2.35. The SMILES string of the molecule is O=C(NCCNC(=O)C1CC1)c1ccc(NC(=O)c2ccco2)cc1. The van der Waals surface area contributed by atoms with Crippen molar-refractivity contribution in [3.05, 3.63) is 54.0 Å². The predicted octanol–water partition coefficient (Wildman–Crippen LogP) is 1.79. The second-order valence-electron chi connectivity index (χ2n) is 5.83. The van der Waals surface area contributed by atoms with Crippen LogP contribution in [0.3, 0.4) is 0 Å². The summed E-state index contributed by atoms with van der Waals surface area (Å²) in [7, 11) is 0. The van der Waals surface area contributed by atoms with E-state index in [9.17, 15) is 14.4 Å². The van der Waals surface area contributed by atoms with Gasteiger partial charge >= 0.3 is 0 Å². The van der Waals surface area contributed by atoms with E-state index >= 15 is 0 Å². The maximum absolute atomic E-state index is 12.0. The van der Waals surface area contributed by atoms with Crippen LogP contribution in [-0.4, -0.2) is 30.8 Å². The smallest absolute Gasteiger partial charge is 0.291 e. The fourth-order valence-electron chi connectivity index (χ4n) is 2.26. The molecule has 0 saturated heterocycles. The molecule has 3 amide bonds. The van der Waals surface area contributed by atoms with Crippen molar-refractivity contribution in [3.8, 4) is 0 Å². The maximum atomic E-state index is 12.0. The standard InChI is InChI=1S/C18H19N3O4/c22-16(12-3-4-12)19-9-10-20-17(23)13-5-7-14(8-6-13)21-18(24)15-2-1-11-25-15/h1-2,5-8,11-12H,3-4,9-10H2,(H,19,22)(H,20,23)(H,21,24). The van der Waals surface area contributed by atoms with Gasteiger partial charge in [-0.05, 0) is 49.2 Å². The molecule has 3 N–H and O–H groups in total. The van der Waals surface area contributed by atoms with Gasteiger partial charge in [0.05, 0.1) is 6.26 Å². The van der Waals surface area contributed by atoms with Crippen molar-refractivity contribution in [1.29, 1.82) is 0 Å². The normalized spacial score (nSPS) is 13.1. The molecule has 0 spiro atoms. The average Bonchev–Trinajstić information content (AvgIpc) is 3.33. The van der Waals surface area contributed by atoms with Crippen LogP contribution in [0.4, 0.5) is 5.69 Å². The second-order valence-corrected chi connectivity index (χ2v) is 5.83. The Morgan fingerprint density at radius 1 is 0.960 bits per heavy atom. The van der Waals surface area contributed by atoms with Crippen LogP contribution in [-0.2, 0) is 4.79 Å². The maximum Gasteiger partial charge on any atom is 0.291 e. The summed E-state index contributed by atoms with van der Waals surface area (Å²) in [4.78, 5) is 35.4. The molecular formula is C18H19N3O4. The van der Waals surface area contributed by atoms with Gasteiger partial charge in [-0.1, -0.05) is 0 Å². The van der Waals surface area contributed by atoms with Crippen molar-refractivity contribution in [3.63, 3.8) is 0 Å². The van der Waals surface area contributed by atoms with Crippen molar-refractivity contribution < 1.29 is 18.8 Å². The molecule has 1 aliphatic rings. The lowest BCUT2D eigenvalue weighted by Gasteiger charge is -2.08. The van der Waals surface area contributed by atoms with Crippen molar-refractivity contribution in [2.24, 2.45) is 5.92 Å². The fourth-order valence-corrected chi connectivity index (χ4v) is 2.26. The highest BCUT2D eigenvalue weighted by Crippen LogP contribution is 2.28. The lowest BCUT2D eigenvalue weighted by atomic mass is 10.2. The van der Waals surface area contributed by atoms with Gasteiger partial charge in [-0.2, -0.15) is 0 Å². The average molecular weight is 341 g/mol. The van der Waals surface area contributed by atoms with Gasteiger partial charge in [0.15, 0.2) is 5.76 Å². The van der Waals surface area contributed by atoms with Gasteiger partial charge < -0.3 is 20.4 Å². The number of furan rings is 1. The summed E-state index contributed by atoms with van der Waals surface area (Å²) in [6, 6.07) is 9.73. The first-order valence-corrected chi connectivity index (χ1v) is 8.14. The van der Waals surface area contributed by atoms with Gasteiger partial charge in [0, 0.05) is 30.3 Å². The third kappa shape index (κ3) is 4.69. The van der Waals surface area contributed by atoms with Crippen molar-refractivity contribution in [2.45, 2.75) is 12.8 Å². The third-order valence-electron chi connectivity index (χ3n) is 3.81. The molecule has 1 aromatic heterocycles. The molecule has 1 fully saturated rings. The fraction of sp³-hybridized carbons (Fsp3) is 0.278. The Bertz CT molecular complexity index is 749. The van der Waals surface area contributed by atoms with Gasteiger partial charge in [-0.25, -0.2) is 0 Å². The lowest BCUT2D eigenvalue weighted by molar-refractivity contribution is -0.122. The van der Waals surface area contributed by atoms with Crippen LogP contribution in [0.25, 0.3) is 0 Å². The Morgan fingerprint density at radius 3 is 2.32 bits per heavy atom. The Kier molecular flexibility index (Phi) is 5.13. The molecule has 25 heavy (non-hydrogen) atoms. The molecule has 1 aromatic carbocycles. The number of anilines is 1. The molecular weight excluding hydrogens is 322 g/mol. The minimum Gasteiger partial charge on any atom is -0.459 e. The van der Waals surface area contributed by atoms with Crippen molar-refractivity contribution in [2.75, 3.05) is 18.4 Å². The van der Waals surface area contributed by atoms with Gasteiger partial charge in [-0.15, -0.1) is 0 Å². The quantitative estimate of drug-likeness (QED) is 0.668. The van der Waals surface area contributed by atoms with E-state index in [1.54, 1.807) is 36.4 Å². The summed E-state index contributed by atoms with van der Waals surface area (Å²) in [6.45, 7) is 0.784. The second kappa shape index (κ2) is 7.65. The van der Waals surface area contributed by atoms with E-state index in [1.807, 2.05) is 0 Å². The molecule has 0 bridgehead atoms. The number of hydrogen-bond acceptors (Lipinski definition) is 4. The molecule has 0 aliphatic heterocycles. The largest absolute Gasteiger partial charge is 0.459 e. The van der Waals surface area contributed by atoms with E-state index in [0.29, 0.717) is 24.3 Å². The first-order valence-electron chi connectivity index (χ1n) is 8.14. The third-order valence-corrected chi connectivity index (χ3v) is 3.81. The Morgan fingerprint density at radius 2 is 1.68 bits per heavy atom. The summed E-state index contributed by atoms with van der Waals surface area (Å²) in [6.07, 6.45) is 3.34. The van der Waals surface area contributed by atoms with E-state index in [2.05, 4.69) is 16.0 Å². The van der Waals surface area contributed by atoms with Crippen LogP contribution >= 0.6 is 0 Å². The van der Waals surface area contributed by atoms with Crippen LogP contribution < -0.4 is 16.0 Å². The zero-order valence-electron chi connectivity index (χ0n) is 13.6. The van der Waals surface area contributed by atoms with Crippen LogP contribution in [0, 0.1) is 5.92 Å². The van der Waals surface area contributed by atoms with Crippen LogP contribution in [0.5, 0.6) is 0 Å². The number of amides is 3. The number of nitrogens with one attached hydrogen (secondary N) is 3. The monoisotopic (exact) mass is 341 g/mol. The summed E-state index contributed by atoms with van der Waals surface area (Å²) >= 11 is 0. The summed E-state index contributed by atoms with van der Waals surface area (Å²) in [5.41, 5.74) is 1.04. The van der Waals surface area contributed by atoms with E-state index in [-0.39, 0.29) is 29.4 Å². The Balaban J connectivity index is 1.43. The molecule has 0 unspecified atom stereocenters. The van der Waals surface area contributed by atoms with Crippen LogP contribution in [0.15, 0.2) is 47.1 Å². The number of rotatable bonds is 7. The molecule has 1 saturated carbocycles. The molecule has 130 valence electrons. The van der Waals surface area contributed by atoms with Gasteiger partial charge in [-0.3, -0.25) is 14.4 Å². The van der Waals surface area contributed by atoms with E-state index in [1.165, 1.54) is 6.26 Å². The molecule has 0 radical (unpaired) electrons. The highest BCUT2D eigenvalue weighted by molar-refractivity contribution is 6.02. The van der Waals surface area contributed by atoms with Crippen molar-refractivity contribution >= 4 is 23.4 Å². The topological polar surface area (TPSA) is 100 Å². The number of hydrogen-bond donors (Lipinski definition) is 3. The van der Waals surface area contributed by atoms with Gasteiger partial charge in [0.2, 0.25) is 5.91 Å². The number of carbonyl (C=O) groups is 3. The highest BCUT2D eigenvalue weighted by atomic mass is 16.3. The highest BCUT2D eigenvalue weighted by Gasteiger charge is 2.28. The summed E-state index contributed by atoms with van der Waals surface area (Å²) in [5.74, 6) is -0.140. The predicted molar refractivity (Wildman–Crippen MR) is 91.2 cm³/mol. The van der Waals surface area contributed by atoms with E-state index in [4.69, 9.17) is 4.42 Å². The minimum atomic E-state index is -0.353. The molecule has 1 aliphatic carbocycles. The molecule has 3 rings (SSSR count). The zero-order valence-corrected chi connectivity index (χ0v) is 13.6. The Hall–Kier alpha value is -3.09. The Labute approximate surface area is 144 Å². The minimum absolute atomic E-state index is 0.0610. The zero-order chi connectivity index (χ0) is 17.6. The molecule has 7 heteroatoms. The first kappa shape index (κ1) is 16.8. The van der Waals surface area contributed by atoms with E-state index in [0.717, 1.165) is 12.8 Å². The van der Waals surface area contributed by atoms with Crippen LogP contribution in [0.1, 0.15) is 33.8 Å². The summed E-state index contributed by atoms with van der Waals surface area (Å²) < 4.78 is 5.01. The molecule has 0 atom stereocenters. The van der Waals surface area contributed by atoms with E-state index < -0.39 is 0 Å². The van der Waals surface area contributed by atoms with Gasteiger partial charge in [0.25, 0.3) is 11.8 Å². The van der Waals surface area contributed by atoms with Gasteiger partial charge in [0.1, 0.15) is 0 Å².